The molecule has 0 aliphatic carbocycles. The van der Waals surface area contributed by atoms with E-state index in [1.807, 2.05) is 0 Å². The third-order valence-corrected chi connectivity index (χ3v) is 2.14. The van der Waals surface area contributed by atoms with Crippen molar-refractivity contribution in [3.63, 3.8) is 0 Å². The minimum atomic E-state index is -1.24. The largest absolute Gasteiger partial charge is 0.480 e. The molecule has 0 aliphatic rings. The van der Waals surface area contributed by atoms with E-state index in [-0.39, 0.29) is 18.5 Å². The summed E-state index contributed by atoms with van der Waals surface area (Å²) in [7, 11) is 1.20. The lowest BCUT2D eigenvalue weighted by atomic mass is 10.1. The highest BCUT2D eigenvalue weighted by atomic mass is 16.5. The number of aromatic nitrogens is 1. The summed E-state index contributed by atoms with van der Waals surface area (Å²) in [4.78, 5) is 33.3. The van der Waals surface area contributed by atoms with Crippen LogP contribution in [0.4, 0.5) is 0 Å². The molecule has 0 aliphatic heterocycles. The molecule has 8 heteroatoms. The van der Waals surface area contributed by atoms with Crippen molar-refractivity contribution in [1.82, 2.24) is 10.5 Å². The fourth-order valence-electron chi connectivity index (χ4n) is 1.18. The molecule has 18 heavy (non-hydrogen) atoms. The van der Waals surface area contributed by atoms with Crippen molar-refractivity contribution in [1.29, 1.82) is 0 Å². The molecule has 1 aromatic rings. The fraction of sp³-hybridized carbons (Fsp3) is 0.400. The number of rotatable bonds is 6. The average molecular weight is 256 g/mol. The van der Waals surface area contributed by atoms with Crippen LogP contribution < -0.4 is 5.32 Å². The summed E-state index contributed by atoms with van der Waals surface area (Å²) in [6, 6.07) is 0.113. The summed E-state index contributed by atoms with van der Waals surface area (Å²) in [5, 5.41) is 14.5. The standard InChI is InChI=1S/C10H12N2O6/c1-17-8(13)3-2-7(10(15)16)11-9(14)6-4-5-18-12-6/h4-5,7H,2-3H2,1H3,(H,11,14)(H,15,16)/t7-/m1/s1. The van der Waals surface area contributed by atoms with E-state index in [1.54, 1.807) is 0 Å². The van der Waals surface area contributed by atoms with E-state index < -0.39 is 23.9 Å². The van der Waals surface area contributed by atoms with Gasteiger partial charge in [0.1, 0.15) is 12.3 Å². The van der Waals surface area contributed by atoms with Gasteiger partial charge in [0.25, 0.3) is 5.91 Å². The summed E-state index contributed by atoms with van der Waals surface area (Å²) in [6.07, 6.45) is 1.03. The molecule has 1 atom stereocenters. The van der Waals surface area contributed by atoms with E-state index in [2.05, 4.69) is 19.7 Å². The molecule has 1 rings (SSSR count). The molecule has 0 spiro atoms. The molecule has 0 radical (unpaired) electrons. The second kappa shape index (κ2) is 6.38. The lowest BCUT2D eigenvalue weighted by molar-refractivity contribution is -0.142. The molecule has 1 aromatic heterocycles. The van der Waals surface area contributed by atoms with Crippen LogP contribution in [-0.2, 0) is 14.3 Å². The van der Waals surface area contributed by atoms with Gasteiger partial charge < -0.3 is 19.7 Å². The molecule has 98 valence electrons. The zero-order valence-electron chi connectivity index (χ0n) is 9.58. The Kier molecular flexibility index (Phi) is 4.85. The van der Waals surface area contributed by atoms with Gasteiger partial charge in [0.05, 0.1) is 7.11 Å². The number of hydrogen-bond acceptors (Lipinski definition) is 6. The summed E-state index contributed by atoms with van der Waals surface area (Å²) in [5.41, 5.74) is -0.0284. The van der Waals surface area contributed by atoms with Gasteiger partial charge in [-0.3, -0.25) is 9.59 Å². The number of methoxy groups -OCH3 is 1. The van der Waals surface area contributed by atoms with Gasteiger partial charge in [-0.15, -0.1) is 0 Å². The highest BCUT2D eigenvalue weighted by molar-refractivity contribution is 5.94. The Morgan fingerprint density at radius 2 is 2.28 bits per heavy atom. The summed E-state index contributed by atoms with van der Waals surface area (Å²) < 4.78 is 8.85. The number of hydrogen-bond donors (Lipinski definition) is 2. The van der Waals surface area contributed by atoms with Crippen LogP contribution in [0.5, 0.6) is 0 Å². The van der Waals surface area contributed by atoms with Crippen molar-refractivity contribution in [2.24, 2.45) is 0 Å². The van der Waals surface area contributed by atoms with Crippen LogP contribution in [-0.4, -0.2) is 41.3 Å². The molecule has 0 unspecified atom stereocenters. The van der Waals surface area contributed by atoms with Crippen molar-refractivity contribution in [2.45, 2.75) is 18.9 Å². The van der Waals surface area contributed by atoms with Gasteiger partial charge in [-0.05, 0) is 6.42 Å². The quantitative estimate of drug-likeness (QED) is 0.677. The zero-order chi connectivity index (χ0) is 13.5. The third kappa shape index (κ3) is 3.89. The Hall–Kier alpha value is -2.38. The van der Waals surface area contributed by atoms with Crippen LogP contribution >= 0.6 is 0 Å². The number of ether oxygens (including phenoxy) is 1. The lowest BCUT2D eigenvalue weighted by Crippen LogP contribution is -2.41. The monoisotopic (exact) mass is 256 g/mol. The molecular formula is C10H12N2O6. The van der Waals surface area contributed by atoms with Gasteiger partial charge in [0.2, 0.25) is 0 Å². The van der Waals surface area contributed by atoms with Gasteiger partial charge in [-0.2, -0.15) is 0 Å². The van der Waals surface area contributed by atoms with E-state index in [0.29, 0.717) is 0 Å². The predicted octanol–water partition coefficient (Wildman–Crippen LogP) is -0.189. The average Bonchev–Trinajstić information content (AvgIpc) is 2.87. The number of nitrogens with zero attached hydrogens (tertiary/aromatic N) is 1. The van der Waals surface area contributed by atoms with Gasteiger partial charge in [0.15, 0.2) is 5.69 Å². The van der Waals surface area contributed by atoms with Crippen LogP contribution in [0.3, 0.4) is 0 Å². The number of nitrogens with one attached hydrogen (secondary N) is 1. The summed E-state index contributed by atoms with van der Waals surface area (Å²) in [6.45, 7) is 0. The highest BCUT2D eigenvalue weighted by Gasteiger charge is 2.22. The highest BCUT2D eigenvalue weighted by Crippen LogP contribution is 2.02. The van der Waals surface area contributed by atoms with Crippen molar-refractivity contribution >= 4 is 17.8 Å². The first kappa shape index (κ1) is 13.7. The Balaban J connectivity index is 2.55. The lowest BCUT2D eigenvalue weighted by Gasteiger charge is -2.12. The number of carbonyl (C=O) groups excluding carboxylic acids is 2. The zero-order valence-corrected chi connectivity index (χ0v) is 9.58. The normalized spacial score (nSPS) is 11.6. The second-order valence-corrected chi connectivity index (χ2v) is 3.36. The number of carboxylic acid groups (broad SMARTS) is 1. The van der Waals surface area contributed by atoms with Crippen molar-refractivity contribution in [3.8, 4) is 0 Å². The molecular weight excluding hydrogens is 244 g/mol. The molecule has 0 saturated carbocycles. The second-order valence-electron chi connectivity index (χ2n) is 3.36. The topological polar surface area (TPSA) is 119 Å². The first-order valence-electron chi connectivity index (χ1n) is 5.05. The Morgan fingerprint density at radius 3 is 2.78 bits per heavy atom. The maximum absolute atomic E-state index is 11.5. The Labute approximate surface area is 102 Å². The number of esters is 1. The van der Waals surface area contributed by atoms with Crippen LogP contribution in [0.1, 0.15) is 23.3 Å². The van der Waals surface area contributed by atoms with Gasteiger partial charge in [-0.1, -0.05) is 5.16 Å². The van der Waals surface area contributed by atoms with Crippen LogP contribution in [0.2, 0.25) is 0 Å². The molecule has 0 aromatic carbocycles. The van der Waals surface area contributed by atoms with E-state index >= 15 is 0 Å². The number of carbonyl (C=O) groups is 3. The third-order valence-electron chi connectivity index (χ3n) is 2.14. The minimum Gasteiger partial charge on any atom is -0.480 e. The molecule has 0 fully saturated rings. The molecule has 0 saturated heterocycles. The minimum absolute atomic E-state index is 0.0284. The smallest absolute Gasteiger partial charge is 0.326 e. The number of carboxylic acids is 1. The van der Waals surface area contributed by atoms with Crippen LogP contribution in [0.15, 0.2) is 16.9 Å². The van der Waals surface area contributed by atoms with Crippen molar-refractivity contribution < 1.29 is 28.8 Å². The van der Waals surface area contributed by atoms with Gasteiger partial charge in [0, 0.05) is 12.5 Å². The molecule has 1 heterocycles. The van der Waals surface area contributed by atoms with Crippen LogP contribution in [0, 0.1) is 0 Å². The number of amides is 1. The van der Waals surface area contributed by atoms with E-state index in [9.17, 15) is 14.4 Å². The van der Waals surface area contributed by atoms with E-state index in [4.69, 9.17) is 5.11 Å². The molecule has 2 N–H and O–H groups in total. The maximum Gasteiger partial charge on any atom is 0.326 e. The molecule has 0 bridgehead atoms. The predicted molar refractivity (Wildman–Crippen MR) is 56.6 cm³/mol. The van der Waals surface area contributed by atoms with E-state index in [0.717, 1.165) is 0 Å². The first-order chi connectivity index (χ1) is 8.54. The van der Waals surface area contributed by atoms with Crippen molar-refractivity contribution in [2.75, 3.05) is 7.11 Å². The molecule has 8 nitrogen and oxygen atoms in total. The van der Waals surface area contributed by atoms with E-state index in [1.165, 1.54) is 19.4 Å². The first-order valence-corrected chi connectivity index (χ1v) is 5.05. The number of aliphatic carboxylic acids is 1. The fourth-order valence-corrected chi connectivity index (χ4v) is 1.18. The van der Waals surface area contributed by atoms with Crippen LogP contribution in [0.25, 0.3) is 0 Å². The Morgan fingerprint density at radius 1 is 1.56 bits per heavy atom. The maximum atomic E-state index is 11.5. The SMILES string of the molecule is COC(=O)CC[C@@H](NC(=O)c1ccon1)C(=O)O. The van der Waals surface area contributed by atoms with Crippen molar-refractivity contribution in [3.05, 3.63) is 18.0 Å². The summed E-state index contributed by atoms with van der Waals surface area (Å²) >= 11 is 0. The van der Waals surface area contributed by atoms with Gasteiger partial charge >= 0.3 is 11.9 Å². The Bertz CT molecular complexity index is 428. The summed E-state index contributed by atoms with van der Waals surface area (Å²) in [5.74, 6) is -2.46. The van der Waals surface area contributed by atoms with Gasteiger partial charge in [-0.25, -0.2) is 4.79 Å². The molecule has 1 amide bonds.